The number of nitrogens with zero attached hydrogens (tertiary/aromatic N) is 3. The number of amides is 1. The summed E-state index contributed by atoms with van der Waals surface area (Å²) in [5.41, 5.74) is 2.03. The van der Waals surface area contributed by atoms with E-state index >= 15 is 0 Å². The Balaban J connectivity index is 2.00. The predicted molar refractivity (Wildman–Crippen MR) is 81.2 cm³/mol. The van der Waals surface area contributed by atoms with Gasteiger partial charge in [0.1, 0.15) is 0 Å². The molecule has 1 aromatic rings. The van der Waals surface area contributed by atoms with E-state index in [1.54, 1.807) is 0 Å². The molecule has 0 unspecified atom stereocenters. The number of hydrogen-bond donors (Lipinski definition) is 0. The van der Waals surface area contributed by atoms with Crippen LogP contribution in [-0.2, 0) is 4.79 Å². The van der Waals surface area contributed by atoms with Crippen LogP contribution in [0.1, 0.15) is 44.7 Å². The number of aromatic nitrogens is 1. The second-order valence-corrected chi connectivity index (χ2v) is 5.87. The van der Waals surface area contributed by atoms with E-state index in [2.05, 4.69) is 22.9 Å². The average Bonchev–Trinajstić information content (AvgIpc) is 2.47. The van der Waals surface area contributed by atoms with Crippen LogP contribution in [0.4, 0.5) is 11.5 Å². The quantitative estimate of drug-likeness (QED) is 0.831. The molecule has 1 aromatic heterocycles. The molecule has 20 heavy (non-hydrogen) atoms. The van der Waals surface area contributed by atoms with Crippen LogP contribution >= 0.6 is 0 Å². The van der Waals surface area contributed by atoms with E-state index in [0.29, 0.717) is 12.6 Å². The minimum atomic E-state index is 0.233. The molecule has 0 radical (unpaired) electrons. The lowest BCUT2D eigenvalue weighted by molar-refractivity contribution is -0.118. The van der Waals surface area contributed by atoms with Gasteiger partial charge in [-0.15, -0.1) is 0 Å². The molecule has 0 N–H and O–H groups in total. The monoisotopic (exact) mass is 273 g/mol. The molecule has 1 amide bonds. The van der Waals surface area contributed by atoms with Gasteiger partial charge >= 0.3 is 0 Å². The number of hydrogen-bond acceptors (Lipinski definition) is 3. The van der Waals surface area contributed by atoms with Crippen molar-refractivity contribution >= 4 is 17.4 Å². The molecule has 1 fully saturated rings. The molecule has 1 saturated carbocycles. The van der Waals surface area contributed by atoms with Crippen molar-refractivity contribution in [3.63, 3.8) is 0 Å². The fourth-order valence-corrected chi connectivity index (χ4v) is 3.41. The van der Waals surface area contributed by atoms with E-state index in [0.717, 1.165) is 36.6 Å². The van der Waals surface area contributed by atoms with Gasteiger partial charge in [0.05, 0.1) is 12.2 Å². The lowest BCUT2D eigenvalue weighted by Crippen LogP contribution is -2.51. The number of carbonyl (C=O) groups is 1. The van der Waals surface area contributed by atoms with Crippen LogP contribution in [0.25, 0.3) is 0 Å². The van der Waals surface area contributed by atoms with Gasteiger partial charge in [-0.2, -0.15) is 0 Å². The first-order valence-electron chi connectivity index (χ1n) is 7.75. The maximum absolute atomic E-state index is 12.6. The highest BCUT2D eigenvalue weighted by atomic mass is 16.2. The smallest absolute Gasteiger partial charge is 0.246 e. The van der Waals surface area contributed by atoms with Crippen molar-refractivity contribution in [1.29, 1.82) is 0 Å². The maximum Gasteiger partial charge on any atom is 0.246 e. The Kier molecular flexibility index (Phi) is 3.64. The third kappa shape index (κ3) is 2.28. The van der Waals surface area contributed by atoms with Crippen molar-refractivity contribution in [2.45, 2.75) is 52.0 Å². The summed E-state index contributed by atoms with van der Waals surface area (Å²) >= 11 is 0. The Hall–Kier alpha value is -1.58. The number of pyridine rings is 1. The Morgan fingerprint density at radius 2 is 2.00 bits per heavy atom. The lowest BCUT2D eigenvalue weighted by Gasteiger charge is -2.41. The summed E-state index contributed by atoms with van der Waals surface area (Å²) in [6.45, 7) is 5.39. The van der Waals surface area contributed by atoms with Crippen molar-refractivity contribution in [2.75, 3.05) is 22.9 Å². The number of likely N-dealkylation sites (N-methyl/N-ethyl adjacent to an activating group) is 1. The molecular weight excluding hydrogens is 250 g/mol. The molecule has 2 aliphatic rings. The topological polar surface area (TPSA) is 36.4 Å². The van der Waals surface area contributed by atoms with Crippen molar-refractivity contribution in [2.24, 2.45) is 0 Å². The molecule has 3 rings (SSSR count). The first-order chi connectivity index (χ1) is 9.70. The number of fused-ring (bicyclic) bond motifs is 1. The van der Waals surface area contributed by atoms with Gasteiger partial charge < -0.3 is 9.80 Å². The van der Waals surface area contributed by atoms with Gasteiger partial charge in [0.25, 0.3) is 0 Å². The number of carbonyl (C=O) groups excluding carboxylic acids is 1. The second kappa shape index (κ2) is 5.43. The Morgan fingerprint density at radius 3 is 2.70 bits per heavy atom. The van der Waals surface area contributed by atoms with Crippen LogP contribution < -0.4 is 9.80 Å². The van der Waals surface area contributed by atoms with Gasteiger partial charge in [0.15, 0.2) is 5.82 Å². The third-order valence-electron chi connectivity index (χ3n) is 4.47. The minimum absolute atomic E-state index is 0.233. The fourth-order valence-electron chi connectivity index (χ4n) is 3.41. The zero-order valence-corrected chi connectivity index (χ0v) is 12.4. The highest BCUT2D eigenvalue weighted by Gasteiger charge is 2.34. The summed E-state index contributed by atoms with van der Waals surface area (Å²) in [7, 11) is 0. The molecule has 2 heterocycles. The summed E-state index contributed by atoms with van der Waals surface area (Å²) < 4.78 is 0. The largest absolute Gasteiger partial charge is 0.346 e. The molecular formula is C16H23N3O. The molecule has 0 spiro atoms. The summed E-state index contributed by atoms with van der Waals surface area (Å²) in [4.78, 5) is 21.4. The average molecular weight is 273 g/mol. The Bertz CT molecular complexity index is 508. The highest BCUT2D eigenvalue weighted by Crippen LogP contribution is 2.36. The van der Waals surface area contributed by atoms with E-state index in [9.17, 15) is 4.79 Å². The SMILES string of the molecule is CCN1CC(=O)N(C2CCCCC2)c2ccc(C)nc21. The first kappa shape index (κ1) is 13.4. The van der Waals surface area contributed by atoms with Gasteiger partial charge in [0, 0.05) is 18.3 Å². The Morgan fingerprint density at radius 1 is 1.25 bits per heavy atom. The first-order valence-corrected chi connectivity index (χ1v) is 7.75. The zero-order chi connectivity index (χ0) is 14.1. The van der Waals surface area contributed by atoms with Gasteiger partial charge in [-0.25, -0.2) is 4.98 Å². The molecule has 108 valence electrons. The van der Waals surface area contributed by atoms with Gasteiger partial charge in [-0.05, 0) is 38.8 Å². The maximum atomic E-state index is 12.6. The van der Waals surface area contributed by atoms with Crippen LogP contribution in [0, 0.1) is 6.92 Å². The molecule has 0 atom stereocenters. The van der Waals surface area contributed by atoms with E-state index in [-0.39, 0.29) is 5.91 Å². The molecule has 1 aliphatic carbocycles. The molecule has 0 saturated heterocycles. The molecule has 0 bridgehead atoms. The van der Waals surface area contributed by atoms with E-state index < -0.39 is 0 Å². The molecule has 1 aliphatic heterocycles. The van der Waals surface area contributed by atoms with Crippen LogP contribution in [0.5, 0.6) is 0 Å². The van der Waals surface area contributed by atoms with Gasteiger partial charge in [-0.1, -0.05) is 19.3 Å². The van der Waals surface area contributed by atoms with E-state index in [1.165, 1.54) is 19.3 Å². The van der Waals surface area contributed by atoms with E-state index in [4.69, 9.17) is 0 Å². The van der Waals surface area contributed by atoms with Gasteiger partial charge in [0.2, 0.25) is 5.91 Å². The second-order valence-electron chi connectivity index (χ2n) is 5.87. The Labute approximate surface area is 120 Å². The van der Waals surface area contributed by atoms with Crippen molar-refractivity contribution in [3.05, 3.63) is 17.8 Å². The fraction of sp³-hybridized carbons (Fsp3) is 0.625. The predicted octanol–water partition coefficient (Wildman–Crippen LogP) is 2.90. The number of anilines is 2. The summed E-state index contributed by atoms with van der Waals surface area (Å²) in [6.07, 6.45) is 6.04. The lowest BCUT2D eigenvalue weighted by atomic mass is 9.93. The highest BCUT2D eigenvalue weighted by molar-refractivity contribution is 6.02. The number of aryl methyl sites for hydroxylation is 1. The summed E-state index contributed by atoms with van der Waals surface area (Å²) in [6, 6.07) is 4.46. The zero-order valence-electron chi connectivity index (χ0n) is 12.4. The van der Waals surface area contributed by atoms with Crippen LogP contribution in [-0.4, -0.2) is 30.0 Å². The normalized spacial score (nSPS) is 20.2. The standard InChI is InChI=1S/C16H23N3O/c1-3-18-11-15(20)19(13-7-5-4-6-8-13)14-10-9-12(2)17-16(14)18/h9-10,13H,3-8,11H2,1-2H3. The number of rotatable bonds is 2. The summed E-state index contributed by atoms with van der Waals surface area (Å²) in [5, 5.41) is 0. The van der Waals surface area contributed by atoms with Crippen LogP contribution in [0.15, 0.2) is 12.1 Å². The van der Waals surface area contributed by atoms with Crippen molar-refractivity contribution < 1.29 is 4.79 Å². The van der Waals surface area contributed by atoms with Gasteiger partial charge in [-0.3, -0.25) is 4.79 Å². The van der Waals surface area contributed by atoms with Crippen LogP contribution in [0.2, 0.25) is 0 Å². The summed E-state index contributed by atoms with van der Waals surface area (Å²) in [5.74, 6) is 1.22. The molecule has 4 heteroatoms. The third-order valence-corrected chi connectivity index (χ3v) is 4.47. The minimum Gasteiger partial charge on any atom is -0.346 e. The van der Waals surface area contributed by atoms with Crippen molar-refractivity contribution in [1.82, 2.24) is 4.98 Å². The van der Waals surface area contributed by atoms with Crippen LogP contribution in [0.3, 0.4) is 0 Å². The molecule has 4 nitrogen and oxygen atoms in total. The molecule has 0 aromatic carbocycles. The van der Waals surface area contributed by atoms with Crippen molar-refractivity contribution in [3.8, 4) is 0 Å². The van der Waals surface area contributed by atoms with E-state index in [1.807, 2.05) is 17.9 Å².